The molecule has 1 aliphatic rings. The highest BCUT2D eigenvalue weighted by Crippen LogP contribution is 2.17. The van der Waals surface area contributed by atoms with Crippen molar-refractivity contribution in [3.8, 4) is 0 Å². The number of hydrogen-bond donors (Lipinski definition) is 1. The molecule has 15 heavy (non-hydrogen) atoms. The van der Waals surface area contributed by atoms with Crippen molar-refractivity contribution in [2.75, 3.05) is 26.7 Å². The molecule has 1 heterocycles. The van der Waals surface area contributed by atoms with E-state index in [0.717, 1.165) is 12.6 Å². The molecule has 0 unspecified atom stereocenters. The minimum Gasteiger partial charge on any atom is -0.313 e. The van der Waals surface area contributed by atoms with E-state index >= 15 is 0 Å². The van der Waals surface area contributed by atoms with Crippen molar-refractivity contribution < 1.29 is 0 Å². The van der Waals surface area contributed by atoms with Crippen molar-refractivity contribution in [3.63, 3.8) is 0 Å². The van der Waals surface area contributed by atoms with Crippen LogP contribution in [0.5, 0.6) is 0 Å². The molecule has 1 aliphatic carbocycles. The molecular formula is C12H20N2S. The molecule has 84 valence electrons. The molecule has 1 fully saturated rings. The van der Waals surface area contributed by atoms with E-state index in [2.05, 4.69) is 34.1 Å². The normalized spacial score (nSPS) is 16.1. The molecule has 0 amide bonds. The van der Waals surface area contributed by atoms with Gasteiger partial charge < -0.3 is 10.2 Å². The lowest BCUT2D eigenvalue weighted by Gasteiger charge is -2.16. The van der Waals surface area contributed by atoms with Gasteiger partial charge in [0.2, 0.25) is 0 Å². The number of nitrogens with zero attached hydrogens (tertiary/aromatic N) is 1. The van der Waals surface area contributed by atoms with E-state index in [1.807, 2.05) is 0 Å². The van der Waals surface area contributed by atoms with Crippen LogP contribution in [-0.2, 0) is 6.42 Å². The summed E-state index contributed by atoms with van der Waals surface area (Å²) in [6.45, 7) is 3.48. The van der Waals surface area contributed by atoms with Crippen LogP contribution in [0, 0.1) is 0 Å². The van der Waals surface area contributed by atoms with E-state index in [4.69, 9.17) is 0 Å². The second-order valence-electron chi connectivity index (χ2n) is 4.41. The Morgan fingerprint density at radius 1 is 1.47 bits per heavy atom. The summed E-state index contributed by atoms with van der Waals surface area (Å²) in [6.07, 6.45) is 3.96. The van der Waals surface area contributed by atoms with E-state index < -0.39 is 0 Å². The molecule has 0 spiro atoms. The Balaban J connectivity index is 1.53. The zero-order valence-corrected chi connectivity index (χ0v) is 10.2. The Labute approximate surface area is 96.3 Å². The average Bonchev–Trinajstić information content (AvgIpc) is 2.91. The first-order chi connectivity index (χ1) is 7.34. The minimum absolute atomic E-state index is 0.843. The molecule has 1 saturated carbocycles. The van der Waals surface area contributed by atoms with E-state index in [-0.39, 0.29) is 0 Å². The van der Waals surface area contributed by atoms with Gasteiger partial charge in [0.15, 0.2) is 0 Å². The van der Waals surface area contributed by atoms with Crippen molar-refractivity contribution in [2.24, 2.45) is 0 Å². The SMILES string of the molecule is CN(CCNC1CC1)CCc1ccsc1. The van der Waals surface area contributed by atoms with Gasteiger partial charge in [-0.25, -0.2) is 0 Å². The molecule has 3 heteroatoms. The molecule has 1 aromatic rings. The van der Waals surface area contributed by atoms with Crippen LogP contribution in [0.15, 0.2) is 16.8 Å². The summed E-state index contributed by atoms with van der Waals surface area (Å²) in [5, 5.41) is 7.94. The van der Waals surface area contributed by atoms with Crippen LogP contribution in [0.4, 0.5) is 0 Å². The van der Waals surface area contributed by atoms with Gasteiger partial charge in [0, 0.05) is 25.7 Å². The highest BCUT2D eigenvalue weighted by molar-refractivity contribution is 7.07. The third kappa shape index (κ3) is 4.33. The fourth-order valence-corrected chi connectivity index (χ4v) is 2.32. The molecule has 2 rings (SSSR count). The van der Waals surface area contributed by atoms with Crippen LogP contribution in [0.2, 0.25) is 0 Å². The number of thiophene rings is 1. The van der Waals surface area contributed by atoms with E-state index in [0.29, 0.717) is 0 Å². The molecule has 0 atom stereocenters. The maximum atomic E-state index is 3.54. The first-order valence-electron chi connectivity index (χ1n) is 5.77. The van der Waals surface area contributed by atoms with Gasteiger partial charge in [-0.3, -0.25) is 0 Å². The van der Waals surface area contributed by atoms with Crippen LogP contribution in [0.3, 0.4) is 0 Å². The number of nitrogens with one attached hydrogen (secondary N) is 1. The van der Waals surface area contributed by atoms with Gasteiger partial charge >= 0.3 is 0 Å². The zero-order chi connectivity index (χ0) is 10.5. The Bertz CT molecular complexity index is 267. The summed E-state index contributed by atoms with van der Waals surface area (Å²) >= 11 is 1.79. The van der Waals surface area contributed by atoms with Gasteiger partial charge in [-0.2, -0.15) is 11.3 Å². The summed E-state index contributed by atoms with van der Waals surface area (Å²) in [5.41, 5.74) is 1.47. The molecule has 0 aromatic carbocycles. The standard InChI is InChI=1S/C12H20N2S/c1-14(8-6-13-12-2-3-12)7-4-11-5-9-15-10-11/h5,9-10,12-13H,2-4,6-8H2,1H3. The molecule has 0 bridgehead atoms. The summed E-state index contributed by atoms with van der Waals surface area (Å²) in [5.74, 6) is 0. The van der Waals surface area contributed by atoms with E-state index in [1.165, 1.54) is 37.9 Å². The lowest BCUT2D eigenvalue weighted by Crippen LogP contribution is -2.31. The summed E-state index contributed by atoms with van der Waals surface area (Å²) < 4.78 is 0. The van der Waals surface area contributed by atoms with Crippen molar-refractivity contribution >= 4 is 11.3 Å². The topological polar surface area (TPSA) is 15.3 Å². The fourth-order valence-electron chi connectivity index (χ4n) is 1.61. The fraction of sp³-hybridized carbons (Fsp3) is 0.667. The van der Waals surface area contributed by atoms with Gasteiger partial charge in [-0.05, 0) is 48.7 Å². The maximum absolute atomic E-state index is 3.54. The second kappa shape index (κ2) is 5.64. The number of hydrogen-bond acceptors (Lipinski definition) is 3. The zero-order valence-electron chi connectivity index (χ0n) is 9.41. The van der Waals surface area contributed by atoms with Crippen molar-refractivity contribution in [2.45, 2.75) is 25.3 Å². The molecular weight excluding hydrogens is 204 g/mol. The smallest absolute Gasteiger partial charge is 0.0104 e. The van der Waals surface area contributed by atoms with Gasteiger partial charge in [0.25, 0.3) is 0 Å². The van der Waals surface area contributed by atoms with E-state index in [9.17, 15) is 0 Å². The summed E-state index contributed by atoms with van der Waals surface area (Å²) in [4.78, 5) is 2.41. The van der Waals surface area contributed by atoms with Crippen molar-refractivity contribution in [1.29, 1.82) is 0 Å². The second-order valence-corrected chi connectivity index (χ2v) is 5.19. The number of likely N-dealkylation sites (N-methyl/N-ethyl adjacent to an activating group) is 1. The summed E-state index contributed by atoms with van der Waals surface area (Å²) in [6, 6.07) is 3.07. The maximum Gasteiger partial charge on any atom is 0.0104 e. The molecule has 1 N–H and O–H groups in total. The van der Waals surface area contributed by atoms with Crippen molar-refractivity contribution in [3.05, 3.63) is 22.4 Å². The molecule has 0 saturated heterocycles. The number of rotatable bonds is 7. The third-order valence-electron chi connectivity index (χ3n) is 2.87. The lowest BCUT2D eigenvalue weighted by atomic mass is 10.2. The lowest BCUT2D eigenvalue weighted by molar-refractivity contribution is 0.335. The van der Waals surface area contributed by atoms with Gasteiger partial charge in [-0.15, -0.1) is 0 Å². The van der Waals surface area contributed by atoms with Crippen LogP contribution >= 0.6 is 11.3 Å². The minimum atomic E-state index is 0.843. The highest BCUT2D eigenvalue weighted by atomic mass is 32.1. The quantitative estimate of drug-likeness (QED) is 0.762. The van der Waals surface area contributed by atoms with E-state index in [1.54, 1.807) is 11.3 Å². The molecule has 0 aliphatic heterocycles. The predicted octanol–water partition coefficient (Wildman–Crippen LogP) is 1.97. The summed E-state index contributed by atoms with van der Waals surface area (Å²) in [7, 11) is 2.21. The van der Waals surface area contributed by atoms with Crippen LogP contribution in [0.1, 0.15) is 18.4 Å². The van der Waals surface area contributed by atoms with Gasteiger partial charge in [0.05, 0.1) is 0 Å². The molecule has 2 nitrogen and oxygen atoms in total. The van der Waals surface area contributed by atoms with Gasteiger partial charge in [-0.1, -0.05) is 0 Å². The van der Waals surface area contributed by atoms with Crippen molar-refractivity contribution in [1.82, 2.24) is 10.2 Å². The molecule has 1 aromatic heterocycles. The first kappa shape index (κ1) is 11.1. The first-order valence-corrected chi connectivity index (χ1v) is 6.72. The van der Waals surface area contributed by atoms with Gasteiger partial charge in [0.1, 0.15) is 0 Å². The van der Waals surface area contributed by atoms with Crippen LogP contribution < -0.4 is 5.32 Å². The third-order valence-corrected chi connectivity index (χ3v) is 3.60. The monoisotopic (exact) mass is 224 g/mol. The average molecular weight is 224 g/mol. The largest absolute Gasteiger partial charge is 0.313 e. The van der Waals surface area contributed by atoms with Crippen LogP contribution in [0.25, 0.3) is 0 Å². The predicted molar refractivity (Wildman–Crippen MR) is 66.5 cm³/mol. The Kier molecular flexibility index (Phi) is 4.18. The Hall–Kier alpha value is -0.380. The van der Waals surface area contributed by atoms with Crippen LogP contribution in [-0.4, -0.2) is 37.6 Å². The Morgan fingerprint density at radius 3 is 3.00 bits per heavy atom. The highest BCUT2D eigenvalue weighted by Gasteiger charge is 2.19. The Morgan fingerprint density at radius 2 is 2.33 bits per heavy atom. The molecule has 0 radical (unpaired) electrons.